The van der Waals surface area contributed by atoms with Crippen LogP contribution in [0.3, 0.4) is 0 Å². The number of benzene rings is 2. The molecule has 2 aromatic carbocycles. The average molecular weight is 445 g/mol. The molecule has 2 aliphatic rings. The van der Waals surface area contributed by atoms with Crippen molar-refractivity contribution in [3.8, 4) is 11.8 Å². The third kappa shape index (κ3) is 5.83. The van der Waals surface area contributed by atoms with Crippen LogP contribution in [0, 0.1) is 41.2 Å². The molecule has 2 aliphatic carbocycles. The van der Waals surface area contributed by atoms with Gasteiger partial charge < -0.3 is 0 Å². The zero-order chi connectivity index (χ0) is 23.2. The maximum atomic E-state index is 14.9. The number of rotatable bonds is 5. The summed E-state index contributed by atoms with van der Waals surface area (Å²) in [5.41, 5.74) is 2.63. The van der Waals surface area contributed by atoms with Crippen molar-refractivity contribution >= 4 is 0 Å². The summed E-state index contributed by atoms with van der Waals surface area (Å²) in [7, 11) is 0. The zero-order valence-corrected chi connectivity index (χ0v) is 19.6. The minimum absolute atomic E-state index is 0.299. The lowest BCUT2D eigenvalue weighted by Crippen LogP contribution is -2.30. The molecule has 0 nitrogen and oxygen atoms in total. The molecule has 0 bridgehead atoms. The summed E-state index contributed by atoms with van der Waals surface area (Å²) in [5, 5.41) is 0. The number of aryl methyl sites for hydroxylation is 1. The fourth-order valence-electron chi connectivity index (χ4n) is 5.78. The Bertz CT molecular complexity index is 1070. The van der Waals surface area contributed by atoms with Crippen LogP contribution in [0.1, 0.15) is 80.0 Å². The predicted octanol–water partition coefficient (Wildman–Crippen LogP) is 8.36. The maximum absolute atomic E-state index is 14.9. The normalized spacial score (nSPS) is 24.7. The van der Waals surface area contributed by atoms with Gasteiger partial charge in [-0.05, 0) is 117 Å². The van der Waals surface area contributed by atoms with E-state index >= 15 is 0 Å². The number of halogens is 2. The van der Waals surface area contributed by atoms with E-state index in [-0.39, 0.29) is 11.6 Å². The highest BCUT2D eigenvalue weighted by Crippen LogP contribution is 2.47. The van der Waals surface area contributed by atoms with Crippen LogP contribution in [0.15, 0.2) is 61.2 Å². The van der Waals surface area contributed by atoms with Gasteiger partial charge in [0.15, 0.2) is 0 Å². The summed E-state index contributed by atoms with van der Waals surface area (Å²) in [4.78, 5) is 0. The lowest BCUT2D eigenvalue weighted by Gasteiger charge is -2.41. The van der Waals surface area contributed by atoms with Crippen LogP contribution in [0.5, 0.6) is 0 Å². The summed E-state index contributed by atoms with van der Waals surface area (Å²) in [6, 6.07) is 10.5. The van der Waals surface area contributed by atoms with Crippen LogP contribution in [0.4, 0.5) is 8.78 Å². The van der Waals surface area contributed by atoms with E-state index < -0.39 is 0 Å². The minimum Gasteiger partial charge on any atom is -0.206 e. The summed E-state index contributed by atoms with van der Waals surface area (Å²) < 4.78 is 29.2. The van der Waals surface area contributed by atoms with Crippen molar-refractivity contribution in [1.82, 2.24) is 0 Å². The van der Waals surface area contributed by atoms with E-state index in [4.69, 9.17) is 0 Å². The number of fused-ring (bicyclic) bond motifs is 1. The van der Waals surface area contributed by atoms with E-state index in [0.717, 1.165) is 48.1 Å². The number of hydrogen-bond acceptors (Lipinski definition) is 0. The van der Waals surface area contributed by atoms with Crippen molar-refractivity contribution in [3.05, 3.63) is 95.1 Å². The van der Waals surface area contributed by atoms with Crippen molar-refractivity contribution in [2.75, 3.05) is 0 Å². The first-order chi connectivity index (χ1) is 16.1. The van der Waals surface area contributed by atoms with E-state index in [1.807, 2.05) is 18.2 Å². The molecule has 2 fully saturated rings. The molecule has 4 atom stereocenters. The molecule has 33 heavy (non-hydrogen) atoms. The van der Waals surface area contributed by atoms with Crippen molar-refractivity contribution in [3.63, 3.8) is 0 Å². The quantitative estimate of drug-likeness (QED) is 0.321. The SMILES string of the molecule is C=CCCc1ccc(C#Cc2ccc(C3CCC4CC(/C=C/C)CCC4C3)cc2F)c(F)c1. The molecule has 2 aromatic rings. The highest BCUT2D eigenvalue weighted by Gasteiger charge is 2.35. The molecule has 172 valence electrons. The van der Waals surface area contributed by atoms with Crippen molar-refractivity contribution in [2.45, 2.75) is 64.2 Å². The van der Waals surface area contributed by atoms with E-state index in [9.17, 15) is 8.78 Å². The van der Waals surface area contributed by atoms with Gasteiger partial charge in [0, 0.05) is 0 Å². The monoisotopic (exact) mass is 444 g/mol. The Morgan fingerprint density at radius 1 is 0.909 bits per heavy atom. The topological polar surface area (TPSA) is 0 Å². The third-order valence-corrected chi connectivity index (χ3v) is 7.59. The molecular formula is C31H34F2. The molecule has 0 aromatic heterocycles. The molecule has 0 heterocycles. The van der Waals surface area contributed by atoms with Crippen molar-refractivity contribution in [2.24, 2.45) is 17.8 Å². The number of hydrogen-bond donors (Lipinski definition) is 0. The molecule has 0 spiro atoms. The first-order valence-electron chi connectivity index (χ1n) is 12.4. The molecule has 0 aliphatic heterocycles. The molecule has 2 heteroatoms. The van der Waals surface area contributed by atoms with Crippen LogP contribution in [-0.4, -0.2) is 0 Å². The smallest absolute Gasteiger partial charge is 0.139 e. The fourth-order valence-corrected chi connectivity index (χ4v) is 5.78. The largest absolute Gasteiger partial charge is 0.206 e. The Morgan fingerprint density at radius 2 is 1.61 bits per heavy atom. The zero-order valence-electron chi connectivity index (χ0n) is 19.6. The Morgan fingerprint density at radius 3 is 2.30 bits per heavy atom. The first kappa shape index (κ1) is 23.5. The second kappa shape index (κ2) is 11.0. The fraction of sp³-hybridized carbons (Fsp3) is 0.419. The van der Waals surface area contributed by atoms with Gasteiger partial charge >= 0.3 is 0 Å². The lowest BCUT2D eigenvalue weighted by atomic mass is 9.64. The van der Waals surface area contributed by atoms with Crippen LogP contribution in [0.25, 0.3) is 0 Å². The van der Waals surface area contributed by atoms with E-state index in [1.165, 1.54) is 38.2 Å². The van der Waals surface area contributed by atoms with Crippen LogP contribution < -0.4 is 0 Å². The van der Waals surface area contributed by atoms with E-state index in [1.54, 1.807) is 18.2 Å². The summed E-state index contributed by atoms with van der Waals surface area (Å²) in [6.07, 6.45) is 15.4. The molecule has 0 amide bonds. The molecular weight excluding hydrogens is 410 g/mol. The molecule has 0 N–H and O–H groups in total. The predicted molar refractivity (Wildman–Crippen MR) is 133 cm³/mol. The Balaban J connectivity index is 1.42. The van der Waals surface area contributed by atoms with Gasteiger partial charge in [-0.1, -0.05) is 42.2 Å². The summed E-state index contributed by atoms with van der Waals surface area (Å²) in [6.45, 7) is 5.81. The molecule has 2 saturated carbocycles. The summed E-state index contributed by atoms with van der Waals surface area (Å²) in [5.74, 6) is 7.76. The van der Waals surface area contributed by atoms with Gasteiger partial charge in [-0.2, -0.15) is 0 Å². The van der Waals surface area contributed by atoms with Crippen molar-refractivity contribution in [1.29, 1.82) is 0 Å². The van der Waals surface area contributed by atoms with Gasteiger partial charge in [0.05, 0.1) is 11.1 Å². The Labute approximate surface area is 197 Å². The standard InChI is InChI=1S/C31H34F2/c1-3-5-7-23-8-10-24(30(32)19-23)12-13-25-14-15-29(21-31(25)33)28-17-16-26-18-22(6-4-2)9-11-27(26)20-28/h3-4,6,8,10,14-15,19,21-22,26-28H,1,5,7,9,11,16-18,20H2,2H3/b6-4+. The second-order valence-corrected chi connectivity index (χ2v) is 9.76. The summed E-state index contributed by atoms with van der Waals surface area (Å²) >= 11 is 0. The lowest BCUT2D eigenvalue weighted by molar-refractivity contribution is 0.133. The van der Waals surface area contributed by atoms with Crippen LogP contribution in [0.2, 0.25) is 0 Å². The molecule has 0 saturated heterocycles. The first-order valence-corrected chi connectivity index (χ1v) is 12.4. The van der Waals surface area contributed by atoms with Gasteiger partial charge in [0.1, 0.15) is 11.6 Å². The van der Waals surface area contributed by atoms with Gasteiger partial charge in [0.2, 0.25) is 0 Å². The molecule has 4 rings (SSSR count). The van der Waals surface area contributed by atoms with Crippen molar-refractivity contribution < 1.29 is 8.78 Å². The van der Waals surface area contributed by atoms with Gasteiger partial charge in [-0.25, -0.2) is 8.78 Å². The molecule has 0 radical (unpaired) electrons. The highest BCUT2D eigenvalue weighted by molar-refractivity contribution is 5.45. The Hall–Kier alpha value is -2.66. The Kier molecular flexibility index (Phi) is 7.81. The minimum atomic E-state index is -0.359. The molecule has 4 unspecified atom stereocenters. The van der Waals surface area contributed by atoms with E-state index in [0.29, 0.717) is 17.0 Å². The van der Waals surface area contributed by atoms with Gasteiger partial charge in [-0.3, -0.25) is 0 Å². The van der Waals surface area contributed by atoms with Crippen LogP contribution >= 0.6 is 0 Å². The third-order valence-electron chi connectivity index (χ3n) is 7.59. The second-order valence-electron chi connectivity index (χ2n) is 9.76. The van der Waals surface area contributed by atoms with Gasteiger partial charge in [0.25, 0.3) is 0 Å². The highest BCUT2D eigenvalue weighted by atomic mass is 19.1. The number of allylic oxidation sites excluding steroid dienone is 3. The maximum Gasteiger partial charge on any atom is 0.139 e. The van der Waals surface area contributed by atoms with Crippen LogP contribution in [-0.2, 0) is 6.42 Å². The average Bonchev–Trinajstić information content (AvgIpc) is 2.82. The van der Waals surface area contributed by atoms with Gasteiger partial charge in [-0.15, -0.1) is 6.58 Å². The van der Waals surface area contributed by atoms with E-state index in [2.05, 4.69) is 37.5 Å².